The summed E-state index contributed by atoms with van der Waals surface area (Å²) in [7, 11) is 0. The molecule has 1 atom stereocenters. The Morgan fingerprint density at radius 1 is 1.29 bits per heavy atom. The minimum absolute atomic E-state index is 0.0473. The molecule has 2 heteroatoms. The Labute approximate surface area is 104 Å². The number of ketones is 1. The monoisotopic (exact) mass is 233 g/mol. The van der Waals surface area contributed by atoms with Gasteiger partial charge in [0.25, 0.3) is 0 Å². The Bertz CT molecular complexity index is 364. The van der Waals surface area contributed by atoms with Gasteiger partial charge in [-0.3, -0.25) is 4.79 Å². The number of nitrogens with one attached hydrogen (secondary N) is 1. The lowest BCUT2D eigenvalue weighted by molar-refractivity contribution is -0.120. The molecule has 94 valence electrons. The molecule has 0 heterocycles. The van der Waals surface area contributed by atoms with E-state index in [0.717, 1.165) is 13.0 Å². The second-order valence-electron chi connectivity index (χ2n) is 4.69. The van der Waals surface area contributed by atoms with Crippen molar-refractivity contribution in [1.29, 1.82) is 0 Å². The fourth-order valence-corrected chi connectivity index (χ4v) is 1.93. The van der Waals surface area contributed by atoms with E-state index in [1.165, 1.54) is 16.7 Å². The average Bonchev–Trinajstić information content (AvgIpc) is 2.30. The van der Waals surface area contributed by atoms with Crippen LogP contribution in [0, 0.1) is 13.8 Å². The number of hydrogen-bond acceptors (Lipinski definition) is 2. The van der Waals surface area contributed by atoms with E-state index in [0.29, 0.717) is 6.42 Å². The Morgan fingerprint density at radius 2 is 1.88 bits per heavy atom. The highest BCUT2D eigenvalue weighted by Crippen LogP contribution is 2.14. The molecule has 0 amide bonds. The highest BCUT2D eigenvalue weighted by molar-refractivity contribution is 5.86. The summed E-state index contributed by atoms with van der Waals surface area (Å²) >= 11 is 0. The number of Topliss-reactive ketones (excluding diaryl/α,β-unsaturated/α-hetero) is 1. The lowest BCUT2D eigenvalue weighted by Crippen LogP contribution is -2.35. The molecule has 0 aliphatic carbocycles. The molecule has 1 aromatic carbocycles. The summed E-state index contributed by atoms with van der Waals surface area (Å²) in [6.07, 6.45) is 1.59. The molecule has 0 saturated heterocycles. The van der Waals surface area contributed by atoms with E-state index >= 15 is 0 Å². The average molecular weight is 233 g/mol. The van der Waals surface area contributed by atoms with Gasteiger partial charge in [-0.2, -0.15) is 0 Å². The molecular weight excluding hydrogens is 210 g/mol. The predicted molar refractivity (Wildman–Crippen MR) is 72.4 cm³/mol. The van der Waals surface area contributed by atoms with E-state index < -0.39 is 0 Å². The molecule has 0 aliphatic rings. The van der Waals surface area contributed by atoms with Crippen molar-refractivity contribution in [1.82, 2.24) is 5.32 Å². The van der Waals surface area contributed by atoms with E-state index in [9.17, 15) is 4.79 Å². The lowest BCUT2D eigenvalue weighted by atomic mass is 9.96. The van der Waals surface area contributed by atoms with Gasteiger partial charge in [0, 0.05) is 6.42 Å². The van der Waals surface area contributed by atoms with Crippen molar-refractivity contribution < 1.29 is 4.79 Å². The summed E-state index contributed by atoms with van der Waals surface area (Å²) in [5, 5.41) is 3.24. The molecule has 17 heavy (non-hydrogen) atoms. The molecule has 0 saturated carbocycles. The normalized spacial score (nSPS) is 12.5. The van der Waals surface area contributed by atoms with Crippen LogP contribution in [0.25, 0.3) is 0 Å². The first-order valence-corrected chi connectivity index (χ1v) is 6.37. The van der Waals surface area contributed by atoms with Gasteiger partial charge in [0.15, 0.2) is 5.78 Å². The van der Waals surface area contributed by atoms with E-state index in [1.54, 1.807) is 0 Å². The summed E-state index contributed by atoms with van der Waals surface area (Å²) in [6.45, 7) is 9.10. The maximum atomic E-state index is 12.1. The van der Waals surface area contributed by atoms with Gasteiger partial charge in [0.2, 0.25) is 0 Å². The number of rotatable bonds is 6. The van der Waals surface area contributed by atoms with Gasteiger partial charge in [0.05, 0.1) is 6.04 Å². The number of carbonyl (C=O) groups excluding carboxylic acids is 1. The zero-order chi connectivity index (χ0) is 12.8. The molecule has 0 aliphatic heterocycles. The lowest BCUT2D eigenvalue weighted by Gasteiger charge is -2.14. The Balaban J connectivity index is 2.68. The van der Waals surface area contributed by atoms with Crippen molar-refractivity contribution >= 4 is 5.78 Å². The summed E-state index contributed by atoms with van der Waals surface area (Å²) in [5.74, 6) is 0.274. The van der Waals surface area contributed by atoms with E-state index in [1.807, 2.05) is 13.0 Å². The van der Waals surface area contributed by atoms with Crippen molar-refractivity contribution in [2.75, 3.05) is 6.54 Å². The van der Waals surface area contributed by atoms with Crippen LogP contribution in [0.4, 0.5) is 0 Å². The first-order chi connectivity index (χ1) is 8.06. The van der Waals surface area contributed by atoms with E-state index in [-0.39, 0.29) is 11.8 Å². The molecule has 0 radical (unpaired) electrons. The van der Waals surface area contributed by atoms with Gasteiger partial charge in [0.1, 0.15) is 0 Å². The highest BCUT2D eigenvalue weighted by atomic mass is 16.1. The molecule has 1 rings (SSSR count). The molecule has 0 fully saturated rings. The van der Waals surface area contributed by atoms with Crippen LogP contribution in [0.3, 0.4) is 0 Å². The summed E-state index contributed by atoms with van der Waals surface area (Å²) in [6, 6.07) is 6.13. The third-order valence-corrected chi connectivity index (χ3v) is 3.18. The number of aryl methyl sites for hydroxylation is 2. The van der Waals surface area contributed by atoms with Crippen LogP contribution in [-0.4, -0.2) is 18.4 Å². The van der Waals surface area contributed by atoms with Crippen molar-refractivity contribution in [2.24, 2.45) is 0 Å². The predicted octanol–water partition coefficient (Wildman–Crippen LogP) is 2.80. The van der Waals surface area contributed by atoms with Crippen LogP contribution in [-0.2, 0) is 11.2 Å². The zero-order valence-corrected chi connectivity index (χ0v) is 11.3. The van der Waals surface area contributed by atoms with Crippen LogP contribution in [0.2, 0.25) is 0 Å². The molecule has 0 aromatic heterocycles. The minimum Gasteiger partial charge on any atom is -0.308 e. The molecule has 0 bridgehead atoms. The van der Waals surface area contributed by atoms with Crippen molar-refractivity contribution in [3.05, 3.63) is 34.9 Å². The summed E-state index contributed by atoms with van der Waals surface area (Å²) in [4.78, 5) is 12.1. The highest BCUT2D eigenvalue weighted by Gasteiger charge is 2.14. The second-order valence-corrected chi connectivity index (χ2v) is 4.69. The second kappa shape index (κ2) is 6.55. The van der Waals surface area contributed by atoms with Crippen LogP contribution in [0.5, 0.6) is 0 Å². The minimum atomic E-state index is -0.0473. The maximum Gasteiger partial charge on any atom is 0.153 e. The number of benzene rings is 1. The fraction of sp³-hybridized carbons (Fsp3) is 0.533. The summed E-state index contributed by atoms with van der Waals surface area (Å²) in [5.41, 5.74) is 3.60. The molecule has 2 nitrogen and oxygen atoms in total. The van der Waals surface area contributed by atoms with Crippen molar-refractivity contribution in [3.8, 4) is 0 Å². The summed E-state index contributed by atoms with van der Waals surface area (Å²) < 4.78 is 0. The zero-order valence-electron chi connectivity index (χ0n) is 11.3. The maximum absolute atomic E-state index is 12.1. The number of carbonyl (C=O) groups is 1. The largest absolute Gasteiger partial charge is 0.308 e. The van der Waals surface area contributed by atoms with Gasteiger partial charge >= 0.3 is 0 Å². The van der Waals surface area contributed by atoms with E-state index in [4.69, 9.17) is 0 Å². The van der Waals surface area contributed by atoms with Crippen LogP contribution < -0.4 is 5.32 Å². The van der Waals surface area contributed by atoms with Gasteiger partial charge in [-0.15, -0.1) is 0 Å². The Hall–Kier alpha value is -1.15. The third kappa shape index (κ3) is 3.97. The fourth-order valence-electron chi connectivity index (χ4n) is 1.93. The first kappa shape index (κ1) is 13.9. The van der Waals surface area contributed by atoms with Crippen molar-refractivity contribution in [3.63, 3.8) is 0 Å². The van der Waals surface area contributed by atoms with Gasteiger partial charge in [-0.25, -0.2) is 0 Å². The van der Waals surface area contributed by atoms with Gasteiger partial charge in [-0.05, 0) is 50.4 Å². The Kier molecular flexibility index (Phi) is 5.36. The molecule has 1 unspecified atom stereocenters. The molecular formula is C15H23NO. The standard InChI is InChI=1S/C15H23NO/c1-5-9-16-13(4)15(17)10-14-11(2)7-6-8-12(14)3/h6-8,13,16H,5,9-10H2,1-4H3. The molecule has 0 spiro atoms. The first-order valence-electron chi connectivity index (χ1n) is 6.37. The van der Waals surface area contributed by atoms with Crippen LogP contribution in [0.1, 0.15) is 37.0 Å². The van der Waals surface area contributed by atoms with Crippen molar-refractivity contribution in [2.45, 2.75) is 46.6 Å². The smallest absolute Gasteiger partial charge is 0.153 e. The third-order valence-electron chi connectivity index (χ3n) is 3.18. The topological polar surface area (TPSA) is 29.1 Å². The molecule has 1 N–H and O–H groups in total. The Morgan fingerprint density at radius 3 is 2.41 bits per heavy atom. The number of hydrogen-bond donors (Lipinski definition) is 1. The van der Waals surface area contributed by atoms with Crippen LogP contribution in [0.15, 0.2) is 18.2 Å². The molecule has 1 aromatic rings. The quantitative estimate of drug-likeness (QED) is 0.818. The van der Waals surface area contributed by atoms with Crippen LogP contribution >= 0.6 is 0 Å². The van der Waals surface area contributed by atoms with Gasteiger partial charge in [-0.1, -0.05) is 25.1 Å². The van der Waals surface area contributed by atoms with Gasteiger partial charge < -0.3 is 5.32 Å². The SMILES string of the molecule is CCCNC(C)C(=O)Cc1c(C)cccc1C. The van der Waals surface area contributed by atoms with E-state index in [2.05, 4.69) is 38.2 Å².